The van der Waals surface area contributed by atoms with Crippen LogP contribution in [0.4, 0.5) is 4.39 Å². The minimum Gasteiger partial charge on any atom is -0.493 e. The number of aromatic nitrogens is 3. The quantitative estimate of drug-likeness (QED) is 0.429. The van der Waals surface area contributed by atoms with Gasteiger partial charge in [0.15, 0.2) is 5.65 Å². The SMILES string of the molecule is CC(C)c1nn(-c2ccc(F)cc2)c2nc(C(=O)NS(C)(=O)=O)cc(OCCCN3CCOCC3)c12. The van der Waals surface area contributed by atoms with E-state index in [2.05, 4.69) is 9.88 Å². The maximum Gasteiger partial charge on any atom is 0.283 e. The first-order valence-corrected chi connectivity index (χ1v) is 13.7. The molecule has 1 amide bonds. The average molecular weight is 520 g/mol. The summed E-state index contributed by atoms with van der Waals surface area (Å²) in [4.78, 5) is 19.5. The van der Waals surface area contributed by atoms with Crippen LogP contribution in [0.5, 0.6) is 5.75 Å². The Labute approximate surface area is 209 Å². The van der Waals surface area contributed by atoms with Gasteiger partial charge in [-0.05, 0) is 36.6 Å². The molecule has 2 aromatic heterocycles. The Hall–Kier alpha value is -3.09. The fourth-order valence-electron chi connectivity index (χ4n) is 4.02. The molecule has 3 heterocycles. The number of amides is 1. The third-order valence-electron chi connectivity index (χ3n) is 5.74. The molecule has 12 heteroatoms. The predicted molar refractivity (Wildman–Crippen MR) is 133 cm³/mol. The summed E-state index contributed by atoms with van der Waals surface area (Å²) in [6, 6.07) is 7.17. The minimum atomic E-state index is -3.81. The van der Waals surface area contributed by atoms with E-state index in [9.17, 15) is 17.6 Å². The molecule has 1 N–H and O–H groups in total. The van der Waals surface area contributed by atoms with E-state index in [1.165, 1.54) is 22.9 Å². The van der Waals surface area contributed by atoms with Gasteiger partial charge in [-0.1, -0.05) is 13.8 Å². The van der Waals surface area contributed by atoms with E-state index in [0.717, 1.165) is 32.3 Å². The van der Waals surface area contributed by atoms with E-state index in [1.807, 2.05) is 18.6 Å². The van der Waals surface area contributed by atoms with Crippen molar-refractivity contribution in [2.45, 2.75) is 26.2 Å². The van der Waals surface area contributed by atoms with Crippen LogP contribution in [0.15, 0.2) is 30.3 Å². The summed E-state index contributed by atoms with van der Waals surface area (Å²) in [6.07, 6.45) is 1.64. The topological polar surface area (TPSA) is 116 Å². The maximum atomic E-state index is 13.6. The van der Waals surface area contributed by atoms with Gasteiger partial charge in [0.2, 0.25) is 10.0 Å². The molecule has 10 nitrogen and oxygen atoms in total. The van der Waals surface area contributed by atoms with Gasteiger partial charge in [0.05, 0.1) is 42.8 Å². The van der Waals surface area contributed by atoms with Crippen LogP contribution in [0.3, 0.4) is 0 Å². The maximum absolute atomic E-state index is 13.6. The number of rotatable bonds is 9. The van der Waals surface area contributed by atoms with Crippen molar-refractivity contribution in [3.8, 4) is 11.4 Å². The number of pyridine rings is 1. The second-order valence-electron chi connectivity index (χ2n) is 8.99. The highest BCUT2D eigenvalue weighted by Crippen LogP contribution is 2.34. The predicted octanol–water partition coefficient (Wildman–Crippen LogP) is 2.47. The number of nitrogens with one attached hydrogen (secondary N) is 1. The Morgan fingerprint density at radius 3 is 2.56 bits per heavy atom. The molecular weight excluding hydrogens is 489 g/mol. The summed E-state index contributed by atoms with van der Waals surface area (Å²) in [7, 11) is -3.81. The zero-order valence-corrected chi connectivity index (χ0v) is 21.3. The molecule has 0 atom stereocenters. The Balaban J connectivity index is 1.74. The first-order chi connectivity index (χ1) is 17.1. The summed E-state index contributed by atoms with van der Waals surface area (Å²) < 4.78 is 51.9. The normalized spacial score (nSPS) is 14.9. The van der Waals surface area contributed by atoms with Crippen molar-refractivity contribution in [2.75, 3.05) is 45.7 Å². The molecule has 0 bridgehead atoms. The lowest BCUT2D eigenvalue weighted by atomic mass is 10.1. The number of fused-ring (bicyclic) bond motifs is 1. The zero-order valence-electron chi connectivity index (χ0n) is 20.5. The Kier molecular flexibility index (Phi) is 7.86. The first-order valence-electron chi connectivity index (χ1n) is 11.8. The highest BCUT2D eigenvalue weighted by molar-refractivity contribution is 7.89. The van der Waals surface area contributed by atoms with Crippen LogP contribution in [0.1, 0.15) is 42.4 Å². The van der Waals surface area contributed by atoms with Gasteiger partial charge in [0.25, 0.3) is 5.91 Å². The number of morpholine rings is 1. The van der Waals surface area contributed by atoms with Crippen molar-refractivity contribution < 1.29 is 27.1 Å². The van der Waals surface area contributed by atoms with E-state index in [4.69, 9.17) is 14.6 Å². The Morgan fingerprint density at radius 2 is 1.92 bits per heavy atom. The number of carbonyl (C=O) groups excluding carboxylic acids is 1. The number of halogens is 1. The highest BCUT2D eigenvalue weighted by atomic mass is 32.2. The summed E-state index contributed by atoms with van der Waals surface area (Å²) >= 11 is 0. The average Bonchev–Trinajstić information content (AvgIpc) is 3.22. The molecule has 0 saturated carbocycles. The van der Waals surface area contributed by atoms with Crippen molar-refractivity contribution in [1.82, 2.24) is 24.4 Å². The standard InChI is InChI=1S/C24H30FN5O5S/c1-16(2)22-21-20(35-12-4-9-29-10-13-34-14-11-29)15-19(24(31)28-36(3,32)33)26-23(21)30(27-22)18-7-5-17(25)6-8-18/h5-8,15-16H,4,9-14H2,1-3H3,(H,28,31). The highest BCUT2D eigenvalue weighted by Gasteiger charge is 2.24. The van der Waals surface area contributed by atoms with Crippen molar-refractivity contribution >= 4 is 27.0 Å². The van der Waals surface area contributed by atoms with Gasteiger partial charge in [-0.3, -0.25) is 9.69 Å². The monoisotopic (exact) mass is 519 g/mol. The lowest BCUT2D eigenvalue weighted by molar-refractivity contribution is 0.0358. The molecule has 0 unspecified atom stereocenters. The lowest BCUT2D eigenvalue weighted by Crippen LogP contribution is -2.37. The molecule has 0 aliphatic carbocycles. The number of benzene rings is 1. The second-order valence-corrected chi connectivity index (χ2v) is 10.7. The summed E-state index contributed by atoms with van der Waals surface area (Å²) in [5, 5.41) is 5.33. The fraction of sp³-hybridized carbons (Fsp3) is 0.458. The molecule has 194 valence electrons. The molecule has 0 spiro atoms. The van der Waals surface area contributed by atoms with Crippen molar-refractivity contribution in [3.63, 3.8) is 0 Å². The number of nitrogens with zero attached hydrogens (tertiary/aromatic N) is 4. The van der Waals surface area contributed by atoms with Crippen LogP contribution in [-0.2, 0) is 14.8 Å². The van der Waals surface area contributed by atoms with Crippen LogP contribution >= 0.6 is 0 Å². The second kappa shape index (κ2) is 10.9. The van der Waals surface area contributed by atoms with E-state index in [0.29, 0.717) is 48.0 Å². The van der Waals surface area contributed by atoms with Crippen LogP contribution in [-0.4, -0.2) is 79.7 Å². The van der Waals surface area contributed by atoms with E-state index in [1.54, 1.807) is 12.1 Å². The molecule has 0 radical (unpaired) electrons. The molecule has 1 saturated heterocycles. The number of ether oxygens (including phenoxy) is 2. The van der Waals surface area contributed by atoms with E-state index >= 15 is 0 Å². The van der Waals surface area contributed by atoms with Gasteiger partial charge in [0, 0.05) is 25.7 Å². The first kappa shape index (κ1) is 26.0. The van der Waals surface area contributed by atoms with Crippen molar-refractivity contribution in [3.05, 3.63) is 47.5 Å². The molecule has 1 aromatic carbocycles. The Bertz CT molecular complexity index is 1340. The molecule has 3 aromatic rings. The molecule has 1 aliphatic rings. The third-order valence-corrected chi connectivity index (χ3v) is 6.29. The smallest absolute Gasteiger partial charge is 0.283 e. The number of hydrogen-bond donors (Lipinski definition) is 1. The van der Waals surface area contributed by atoms with E-state index < -0.39 is 21.7 Å². The molecular formula is C24H30FN5O5S. The van der Waals surface area contributed by atoms with Crippen LogP contribution in [0.2, 0.25) is 0 Å². The van der Waals surface area contributed by atoms with Crippen LogP contribution < -0.4 is 9.46 Å². The lowest BCUT2D eigenvalue weighted by Gasteiger charge is -2.26. The van der Waals surface area contributed by atoms with Gasteiger partial charge in [0.1, 0.15) is 17.3 Å². The number of hydrogen-bond acceptors (Lipinski definition) is 8. The van der Waals surface area contributed by atoms with Gasteiger partial charge in [-0.2, -0.15) is 5.10 Å². The van der Waals surface area contributed by atoms with Gasteiger partial charge >= 0.3 is 0 Å². The Morgan fingerprint density at radius 1 is 1.22 bits per heavy atom. The van der Waals surface area contributed by atoms with E-state index in [-0.39, 0.29) is 11.6 Å². The minimum absolute atomic E-state index is 0.0117. The van der Waals surface area contributed by atoms with Crippen molar-refractivity contribution in [2.24, 2.45) is 0 Å². The molecule has 4 rings (SSSR count). The molecule has 1 fully saturated rings. The fourth-order valence-corrected chi connectivity index (χ4v) is 4.46. The largest absolute Gasteiger partial charge is 0.493 e. The molecule has 36 heavy (non-hydrogen) atoms. The van der Waals surface area contributed by atoms with Crippen molar-refractivity contribution in [1.29, 1.82) is 0 Å². The van der Waals surface area contributed by atoms with Gasteiger partial charge < -0.3 is 9.47 Å². The third kappa shape index (κ3) is 6.18. The van der Waals surface area contributed by atoms with Crippen LogP contribution in [0.25, 0.3) is 16.7 Å². The van der Waals surface area contributed by atoms with Gasteiger partial charge in [-0.25, -0.2) is 27.2 Å². The van der Waals surface area contributed by atoms with Crippen LogP contribution in [0, 0.1) is 5.82 Å². The summed E-state index contributed by atoms with van der Waals surface area (Å²) in [5.74, 6) is -0.902. The number of sulfonamides is 1. The zero-order chi connectivity index (χ0) is 25.9. The summed E-state index contributed by atoms with van der Waals surface area (Å²) in [5.41, 5.74) is 1.42. The van der Waals surface area contributed by atoms with Gasteiger partial charge in [-0.15, -0.1) is 0 Å². The summed E-state index contributed by atoms with van der Waals surface area (Å²) in [6.45, 7) is 8.34. The number of carbonyl (C=O) groups is 1. The molecule has 1 aliphatic heterocycles.